The lowest BCUT2D eigenvalue weighted by Gasteiger charge is -2.07. The molecule has 0 aliphatic heterocycles. The van der Waals surface area contributed by atoms with Crippen LogP contribution in [-0.2, 0) is 4.79 Å². The first kappa shape index (κ1) is 21.4. The van der Waals surface area contributed by atoms with Crippen LogP contribution in [0.4, 0.5) is 13.9 Å². The summed E-state index contributed by atoms with van der Waals surface area (Å²) < 4.78 is 32.1. The topological polar surface area (TPSA) is 80.9 Å². The molecular formula is C20H13ClF2N4O2S2. The maximum absolute atomic E-state index is 13.4. The van der Waals surface area contributed by atoms with Crippen LogP contribution in [0.5, 0.6) is 0 Å². The molecule has 2 heterocycles. The van der Waals surface area contributed by atoms with Crippen LogP contribution in [0.25, 0.3) is 22.7 Å². The van der Waals surface area contributed by atoms with Gasteiger partial charge < -0.3 is 9.73 Å². The molecule has 1 unspecified atom stereocenters. The van der Waals surface area contributed by atoms with Crippen molar-refractivity contribution in [3.05, 3.63) is 64.5 Å². The largest absolute Gasteiger partial charge is 0.411 e. The van der Waals surface area contributed by atoms with Crippen LogP contribution in [0, 0.1) is 11.6 Å². The number of hydrogen-bond acceptors (Lipinski definition) is 7. The molecule has 0 bridgehead atoms. The fraction of sp³-hybridized carbons (Fsp3) is 0.100. The van der Waals surface area contributed by atoms with Gasteiger partial charge in [0, 0.05) is 21.5 Å². The summed E-state index contributed by atoms with van der Waals surface area (Å²) >= 11 is 8.25. The van der Waals surface area contributed by atoms with Gasteiger partial charge in [-0.15, -0.1) is 21.5 Å². The van der Waals surface area contributed by atoms with E-state index in [1.165, 1.54) is 17.4 Å². The van der Waals surface area contributed by atoms with Crippen LogP contribution >= 0.6 is 34.7 Å². The van der Waals surface area contributed by atoms with Crippen molar-refractivity contribution < 1.29 is 18.0 Å². The van der Waals surface area contributed by atoms with Crippen molar-refractivity contribution in [1.29, 1.82) is 0 Å². The van der Waals surface area contributed by atoms with Gasteiger partial charge in [-0.2, -0.15) is 0 Å². The summed E-state index contributed by atoms with van der Waals surface area (Å²) in [6, 6.07) is 10.5. The second kappa shape index (κ2) is 9.13. The summed E-state index contributed by atoms with van der Waals surface area (Å²) in [7, 11) is 0. The number of halogens is 3. The van der Waals surface area contributed by atoms with Crippen molar-refractivity contribution in [2.24, 2.45) is 0 Å². The quantitative estimate of drug-likeness (QED) is 0.347. The van der Waals surface area contributed by atoms with Gasteiger partial charge in [0.1, 0.15) is 0 Å². The van der Waals surface area contributed by atoms with Crippen LogP contribution in [0.15, 0.2) is 57.5 Å². The van der Waals surface area contributed by atoms with E-state index in [2.05, 4.69) is 20.5 Å². The van der Waals surface area contributed by atoms with Crippen molar-refractivity contribution in [3.63, 3.8) is 0 Å². The van der Waals surface area contributed by atoms with Crippen LogP contribution in [0.3, 0.4) is 0 Å². The molecule has 158 valence electrons. The normalized spacial score (nSPS) is 12.0. The summed E-state index contributed by atoms with van der Waals surface area (Å²) in [5.74, 6) is -1.91. The molecule has 1 atom stereocenters. The van der Waals surface area contributed by atoms with Crippen LogP contribution in [-0.4, -0.2) is 26.3 Å². The van der Waals surface area contributed by atoms with E-state index in [1.54, 1.807) is 36.6 Å². The average molecular weight is 479 g/mol. The van der Waals surface area contributed by atoms with E-state index in [1.807, 2.05) is 0 Å². The minimum absolute atomic E-state index is 0.235. The fourth-order valence-corrected chi connectivity index (χ4v) is 4.12. The molecule has 0 saturated carbocycles. The Morgan fingerprint density at radius 2 is 2.00 bits per heavy atom. The lowest BCUT2D eigenvalue weighted by Crippen LogP contribution is -2.22. The van der Waals surface area contributed by atoms with Gasteiger partial charge in [-0.1, -0.05) is 29.4 Å². The van der Waals surface area contributed by atoms with Gasteiger partial charge in [0.2, 0.25) is 11.8 Å². The van der Waals surface area contributed by atoms with E-state index in [4.69, 9.17) is 16.0 Å². The van der Waals surface area contributed by atoms with Crippen LogP contribution in [0.1, 0.15) is 6.92 Å². The second-order valence-electron chi connectivity index (χ2n) is 6.30. The third kappa shape index (κ3) is 5.09. The molecule has 0 radical (unpaired) electrons. The summed E-state index contributed by atoms with van der Waals surface area (Å²) in [6.45, 7) is 1.69. The van der Waals surface area contributed by atoms with Crippen LogP contribution < -0.4 is 5.32 Å². The van der Waals surface area contributed by atoms with E-state index >= 15 is 0 Å². The number of hydrogen-bond donors (Lipinski definition) is 1. The number of rotatable bonds is 6. The summed E-state index contributed by atoms with van der Waals surface area (Å²) in [5, 5.41) is 12.8. The Morgan fingerprint density at radius 1 is 1.16 bits per heavy atom. The Morgan fingerprint density at radius 3 is 2.77 bits per heavy atom. The number of thioether (sulfide) groups is 1. The molecule has 6 nitrogen and oxygen atoms in total. The number of nitrogens with one attached hydrogen (secondary N) is 1. The highest BCUT2D eigenvalue weighted by Crippen LogP contribution is 2.29. The number of carbonyl (C=O) groups is 1. The van der Waals surface area contributed by atoms with Gasteiger partial charge in [-0.05, 0) is 43.3 Å². The van der Waals surface area contributed by atoms with Gasteiger partial charge in [-0.3, -0.25) is 4.79 Å². The van der Waals surface area contributed by atoms with Crippen molar-refractivity contribution >= 4 is 45.7 Å². The minimum Gasteiger partial charge on any atom is -0.411 e. The van der Waals surface area contributed by atoms with E-state index in [0.717, 1.165) is 23.9 Å². The minimum atomic E-state index is -0.960. The highest BCUT2D eigenvalue weighted by atomic mass is 35.5. The van der Waals surface area contributed by atoms with E-state index < -0.39 is 16.9 Å². The molecule has 4 rings (SSSR count). The summed E-state index contributed by atoms with van der Waals surface area (Å²) in [6.07, 6.45) is 0. The molecule has 0 saturated heterocycles. The lowest BCUT2D eigenvalue weighted by molar-refractivity contribution is -0.115. The Kier molecular flexibility index (Phi) is 6.30. The Hall–Kier alpha value is -2.82. The molecule has 2 aromatic carbocycles. The first-order chi connectivity index (χ1) is 14.9. The van der Waals surface area contributed by atoms with Gasteiger partial charge in [-0.25, -0.2) is 13.8 Å². The molecule has 0 aliphatic carbocycles. The van der Waals surface area contributed by atoms with Crippen LogP contribution in [0.2, 0.25) is 5.02 Å². The first-order valence-corrected chi connectivity index (χ1v) is 11.0. The van der Waals surface area contributed by atoms with Gasteiger partial charge in [0.05, 0.1) is 10.9 Å². The predicted octanol–water partition coefficient (Wildman–Crippen LogP) is 5.91. The highest BCUT2D eigenvalue weighted by molar-refractivity contribution is 8.00. The maximum atomic E-state index is 13.4. The number of aromatic nitrogens is 3. The summed E-state index contributed by atoms with van der Waals surface area (Å²) in [5.41, 5.74) is 1.52. The van der Waals surface area contributed by atoms with Gasteiger partial charge in [0.25, 0.3) is 5.22 Å². The Labute approximate surface area is 188 Å². The number of amides is 1. The molecule has 11 heteroatoms. The molecular weight excluding hydrogens is 466 g/mol. The van der Waals surface area contributed by atoms with Crippen molar-refractivity contribution in [3.8, 4) is 22.7 Å². The second-order valence-corrected chi connectivity index (χ2v) is 8.89. The molecule has 4 aromatic rings. The molecule has 2 aromatic heterocycles. The molecule has 0 aliphatic rings. The molecule has 0 fully saturated rings. The SMILES string of the molecule is CC(Sc1nnc(-c2cccc(Cl)c2)o1)C(=O)Nc1nc(-c2ccc(F)c(F)c2)cs1. The highest BCUT2D eigenvalue weighted by Gasteiger charge is 2.20. The Bertz CT molecular complexity index is 1250. The van der Waals surface area contributed by atoms with Crippen molar-refractivity contribution in [2.45, 2.75) is 17.4 Å². The zero-order valence-corrected chi connectivity index (χ0v) is 18.2. The smallest absolute Gasteiger partial charge is 0.277 e. The zero-order chi connectivity index (χ0) is 22.0. The van der Waals surface area contributed by atoms with Gasteiger partial charge >= 0.3 is 0 Å². The fourth-order valence-electron chi connectivity index (χ4n) is 2.53. The predicted molar refractivity (Wildman–Crippen MR) is 116 cm³/mol. The van der Waals surface area contributed by atoms with Crippen molar-refractivity contribution in [1.82, 2.24) is 15.2 Å². The number of nitrogens with zero attached hydrogens (tertiary/aromatic N) is 3. The molecule has 1 amide bonds. The van der Waals surface area contributed by atoms with Gasteiger partial charge in [0.15, 0.2) is 16.8 Å². The van der Waals surface area contributed by atoms with E-state index in [-0.39, 0.29) is 11.1 Å². The average Bonchev–Trinajstić information content (AvgIpc) is 3.40. The third-order valence-electron chi connectivity index (χ3n) is 4.07. The molecule has 31 heavy (non-hydrogen) atoms. The number of thiazole rings is 1. The Balaban J connectivity index is 1.39. The molecule has 0 spiro atoms. The monoisotopic (exact) mass is 478 g/mol. The lowest BCUT2D eigenvalue weighted by atomic mass is 10.2. The van der Waals surface area contributed by atoms with Crippen molar-refractivity contribution in [2.75, 3.05) is 5.32 Å². The zero-order valence-electron chi connectivity index (χ0n) is 15.8. The first-order valence-electron chi connectivity index (χ1n) is 8.87. The molecule has 1 N–H and O–H groups in total. The summed E-state index contributed by atoms with van der Waals surface area (Å²) in [4.78, 5) is 16.8. The number of carbonyl (C=O) groups excluding carboxylic acids is 1. The maximum Gasteiger partial charge on any atom is 0.277 e. The standard InChI is InChI=1S/C20H13ClF2N4O2S2/c1-10(31-20-27-26-18(29-20)12-3-2-4-13(21)7-12)17(28)25-19-24-16(9-30-19)11-5-6-14(22)15(23)8-11/h2-10H,1H3,(H,24,25,28). The third-order valence-corrected chi connectivity index (χ3v) is 6.00. The number of anilines is 1. The van der Waals surface area contributed by atoms with E-state index in [9.17, 15) is 13.6 Å². The van der Waals surface area contributed by atoms with E-state index in [0.29, 0.717) is 32.9 Å². The number of benzene rings is 2.